The minimum atomic E-state index is -4.36. The molecule has 1 aromatic heterocycles. The molecule has 53 heavy (non-hydrogen) atoms. The van der Waals surface area contributed by atoms with Gasteiger partial charge in [0.1, 0.15) is 11.6 Å². The van der Waals surface area contributed by atoms with Crippen molar-refractivity contribution in [2.24, 2.45) is 17.6 Å². The molecule has 0 unspecified atom stereocenters. The lowest BCUT2D eigenvalue weighted by molar-refractivity contribution is -0.143. The maximum absolute atomic E-state index is 14.3. The summed E-state index contributed by atoms with van der Waals surface area (Å²) in [6.07, 6.45) is 7.37. The third kappa shape index (κ3) is 10.4. The second-order valence-corrected chi connectivity index (χ2v) is 16.1. The Balaban J connectivity index is 1.58. The summed E-state index contributed by atoms with van der Waals surface area (Å²) in [7, 11) is -4.36. The van der Waals surface area contributed by atoms with Crippen molar-refractivity contribution in [1.29, 1.82) is 0 Å². The molecule has 4 amide bonds. The molecule has 1 fully saturated rings. The van der Waals surface area contributed by atoms with Gasteiger partial charge in [0.25, 0.3) is 0 Å². The fourth-order valence-corrected chi connectivity index (χ4v) is 8.21. The highest BCUT2D eigenvalue weighted by Crippen LogP contribution is 2.40. The number of hydrogen-bond donors (Lipinski definition) is 8. The third-order valence-electron chi connectivity index (χ3n) is 10.3. The number of fused-ring (bicyclic) bond motifs is 1. The number of H-pyrrole nitrogens is 1. The smallest absolute Gasteiger partial charge is 0.329 e. The lowest BCUT2D eigenvalue weighted by Crippen LogP contribution is -2.64. The Bertz CT molecular complexity index is 1910. The molecule has 1 spiro atoms. The standard InChI is InChI=1S/C38H48N5O9P/c1-23-8-13-31-29(16-23)27(21-40-31)17-25-6-5-7-28(26-11-9-24(10-12-26)22-53(50,51)52)30(18-34(45)46)35(47)43-38(14-3-2-4-15-38)37(49)42-32(19-33(39)44)36(48)41-20-25/h5,7-13,16,21,25,28,30,32,40H,2-4,6,14-15,17-20,22H2,1H3,(H2,39,44)(H,41,48)(H,42,49)(H,43,47)(H,45,46)(H2,50,51,52)/t25-,28+,30+,32+/m1/s1. The highest BCUT2D eigenvalue weighted by atomic mass is 31.2. The number of aryl methyl sites for hydroxylation is 1. The summed E-state index contributed by atoms with van der Waals surface area (Å²) >= 11 is 0. The van der Waals surface area contributed by atoms with E-state index in [-0.39, 0.29) is 25.3 Å². The molecule has 14 nitrogen and oxygen atoms in total. The van der Waals surface area contributed by atoms with Crippen LogP contribution in [0.1, 0.15) is 79.5 Å². The van der Waals surface area contributed by atoms with E-state index in [4.69, 9.17) is 5.73 Å². The zero-order chi connectivity index (χ0) is 38.3. The van der Waals surface area contributed by atoms with Gasteiger partial charge in [-0.1, -0.05) is 67.3 Å². The number of aromatic nitrogens is 1. The Morgan fingerprint density at radius 1 is 0.981 bits per heavy atom. The molecule has 4 atom stereocenters. The van der Waals surface area contributed by atoms with Crippen LogP contribution in [0.2, 0.25) is 0 Å². The zero-order valence-electron chi connectivity index (χ0n) is 29.7. The van der Waals surface area contributed by atoms with Crippen LogP contribution in [-0.4, -0.2) is 67.6 Å². The maximum Gasteiger partial charge on any atom is 0.329 e. The number of carbonyl (C=O) groups excluding carboxylic acids is 4. The number of hydrogen-bond acceptors (Lipinski definition) is 6. The molecular formula is C38H48N5O9P. The number of nitrogens with one attached hydrogen (secondary N) is 4. The molecule has 1 aliphatic heterocycles. The van der Waals surface area contributed by atoms with Gasteiger partial charge in [-0.15, -0.1) is 0 Å². The van der Waals surface area contributed by atoms with Gasteiger partial charge in [0.2, 0.25) is 23.6 Å². The average molecular weight is 750 g/mol. The topological polar surface area (TPSA) is 241 Å². The fourth-order valence-electron chi connectivity index (χ4n) is 7.53. The molecule has 2 heterocycles. The first-order valence-corrected chi connectivity index (χ1v) is 19.7. The maximum atomic E-state index is 14.3. The summed E-state index contributed by atoms with van der Waals surface area (Å²) in [6.45, 7) is 2.16. The van der Waals surface area contributed by atoms with Crippen LogP contribution in [-0.2, 0) is 41.1 Å². The Kier molecular flexibility index (Phi) is 12.6. The van der Waals surface area contributed by atoms with E-state index in [1.165, 1.54) is 0 Å². The van der Waals surface area contributed by atoms with Gasteiger partial charge in [-0.25, -0.2) is 0 Å². The van der Waals surface area contributed by atoms with Crippen LogP contribution in [0, 0.1) is 18.8 Å². The van der Waals surface area contributed by atoms with Crippen LogP contribution >= 0.6 is 7.60 Å². The predicted octanol–water partition coefficient (Wildman–Crippen LogP) is 3.44. The molecule has 0 radical (unpaired) electrons. The largest absolute Gasteiger partial charge is 0.481 e. The minimum absolute atomic E-state index is 0.162. The number of benzene rings is 2. The normalized spacial score (nSPS) is 23.0. The van der Waals surface area contributed by atoms with Gasteiger partial charge in [-0.2, -0.15) is 0 Å². The van der Waals surface area contributed by atoms with Crippen molar-refractivity contribution in [3.8, 4) is 0 Å². The first-order valence-electron chi connectivity index (χ1n) is 17.9. The first-order chi connectivity index (χ1) is 25.1. The summed E-state index contributed by atoms with van der Waals surface area (Å²) in [5.74, 6) is -6.16. The Morgan fingerprint density at radius 2 is 1.70 bits per heavy atom. The monoisotopic (exact) mass is 749 g/mol. The van der Waals surface area contributed by atoms with E-state index in [0.29, 0.717) is 36.8 Å². The third-order valence-corrected chi connectivity index (χ3v) is 11.0. The molecule has 9 N–H and O–H groups in total. The zero-order valence-corrected chi connectivity index (χ0v) is 30.6. The number of aliphatic carboxylic acids is 1. The van der Waals surface area contributed by atoms with Crippen molar-refractivity contribution in [2.45, 2.75) is 88.4 Å². The molecule has 2 aromatic carbocycles. The van der Waals surface area contributed by atoms with Crippen molar-refractivity contribution in [2.75, 3.05) is 6.54 Å². The second kappa shape index (κ2) is 16.9. The van der Waals surface area contributed by atoms with Crippen LogP contribution in [0.15, 0.2) is 60.8 Å². The van der Waals surface area contributed by atoms with Crippen LogP contribution in [0.25, 0.3) is 10.9 Å². The Hall–Kier alpha value is -4.78. The average Bonchev–Trinajstić information content (AvgIpc) is 3.48. The number of primary amides is 1. The van der Waals surface area contributed by atoms with Gasteiger partial charge in [-0.3, -0.25) is 28.5 Å². The van der Waals surface area contributed by atoms with E-state index in [9.17, 15) is 43.4 Å². The quantitative estimate of drug-likeness (QED) is 0.118. The van der Waals surface area contributed by atoms with E-state index < -0.39 is 79.6 Å². The van der Waals surface area contributed by atoms with E-state index in [0.717, 1.165) is 28.5 Å². The Labute approximate surface area is 307 Å². The SMILES string of the molecule is Cc1ccc2[nH]cc(C[C@H]3CC=C[C@@H](c4ccc(CP(=O)(O)O)cc4)[C@H](CC(=O)O)C(=O)NC4(CCCCC4)C(=O)N[C@@H](CC(N)=O)C(=O)NC3)c2c1. The van der Waals surface area contributed by atoms with Gasteiger partial charge in [0.15, 0.2) is 0 Å². The number of carboxylic acids is 1. The van der Waals surface area contributed by atoms with E-state index in [2.05, 4.69) is 27.0 Å². The highest BCUT2D eigenvalue weighted by molar-refractivity contribution is 7.50. The number of nitrogens with two attached hydrogens (primary N) is 1. The van der Waals surface area contributed by atoms with Gasteiger partial charge >= 0.3 is 13.6 Å². The second-order valence-electron chi connectivity index (χ2n) is 14.5. The molecule has 0 bridgehead atoms. The molecule has 1 saturated carbocycles. The molecular weight excluding hydrogens is 701 g/mol. The number of amides is 4. The van der Waals surface area contributed by atoms with Crippen molar-refractivity contribution < 1.29 is 43.4 Å². The van der Waals surface area contributed by atoms with Crippen LogP contribution in [0.5, 0.6) is 0 Å². The fraction of sp³-hybridized carbons (Fsp3) is 0.447. The molecule has 3 aromatic rings. The molecule has 15 heteroatoms. The van der Waals surface area contributed by atoms with Gasteiger partial charge < -0.3 is 41.6 Å². The summed E-state index contributed by atoms with van der Waals surface area (Å²) in [5.41, 5.74) is 8.00. The van der Waals surface area contributed by atoms with Crippen LogP contribution in [0.3, 0.4) is 0 Å². The molecule has 284 valence electrons. The number of allylic oxidation sites excluding steroid dienone is 2. The van der Waals surface area contributed by atoms with Crippen molar-refractivity contribution in [3.63, 3.8) is 0 Å². The number of rotatable bonds is 9. The summed E-state index contributed by atoms with van der Waals surface area (Å²) < 4.78 is 11.7. The Morgan fingerprint density at radius 3 is 2.36 bits per heavy atom. The van der Waals surface area contributed by atoms with Gasteiger partial charge in [0, 0.05) is 29.6 Å². The lowest BCUT2D eigenvalue weighted by atomic mass is 9.78. The summed E-state index contributed by atoms with van der Waals surface area (Å²) in [4.78, 5) is 88.9. The van der Waals surface area contributed by atoms with Gasteiger partial charge in [-0.05, 0) is 67.3 Å². The number of carboxylic acid groups (broad SMARTS) is 1. The molecule has 2 aliphatic rings. The lowest BCUT2D eigenvalue weighted by Gasteiger charge is -2.39. The molecule has 5 rings (SSSR count). The van der Waals surface area contributed by atoms with E-state index in [1.807, 2.05) is 31.3 Å². The van der Waals surface area contributed by atoms with Crippen LogP contribution < -0.4 is 21.7 Å². The minimum Gasteiger partial charge on any atom is -0.481 e. The van der Waals surface area contributed by atoms with Crippen LogP contribution in [0.4, 0.5) is 0 Å². The molecule has 1 aliphatic carbocycles. The van der Waals surface area contributed by atoms with Gasteiger partial charge in [0.05, 0.1) is 24.9 Å². The number of carbonyl (C=O) groups is 5. The summed E-state index contributed by atoms with van der Waals surface area (Å²) in [5, 5.41) is 19.6. The highest BCUT2D eigenvalue weighted by Gasteiger charge is 2.45. The van der Waals surface area contributed by atoms with Crippen molar-refractivity contribution >= 4 is 48.1 Å². The van der Waals surface area contributed by atoms with Crippen molar-refractivity contribution in [3.05, 3.63) is 83.1 Å². The number of aromatic amines is 1. The predicted molar refractivity (Wildman–Crippen MR) is 197 cm³/mol. The molecule has 0 saturated heterocycles. The summed E-state index contributed by atoms with van der Waals surface area (Å²) in [6, 6.07) is 11.1. The van der Waals surface area contributed by atoms with E-state index in [1.54, 1.807) is 30.3 Å². The van der Waals surface area contributed by atoms with E-state index >= 15 is 0 Å². The van der Waals surface area contributed by atoms with Crippen molar-refractivity contribution in [1.82, 2.24) is 20.9 Å². The first kappa shape index (κ1) is 39.4.